The summed E-state index contributed by atoms with van der Waals surface area (Å²) in [5.41, 5.74) is 2.35. The van der Waals surface area contributed by atoms with Gasteiger partial charge >= 0.3 is 0 Å². The third-order valence-electron chi connectivity index (χ3n) is 5.70. The van der Waals surface area contributed by atoms with E-state index in [0.717, 1.165) is 41.9 Å². The summed E-state index contributed by atoms with van der Waals surface area (Å²) in [6.07, 6.45) is 3.05. The summed E-state index contributed by atoms with van der Waals surface area (Å²) in [6.45, 7) is 1.24. The Hall–Kier alpha value is -3.55. The van der Waals surface area contributed by atoms with Gasteiger partial charge in [-0.2, -0.15) is 0 Å². The van der Waals surface area contributed by atoms with Gasteiger partial charge in [0.25, 0.3) is 0 Å². The van der Waals surface area contributed by atoms with Crippen LogP contribution in [0.4, 0.5) is 14.6 Å². The molecule has 2 aromatic heterocycles. The van der Waals surface area contributed by atoms with E-state index in [9.17, 15) is 13.6 Å². The zero-order valence-electron chi connectivity index (χ0n) is 16.6. The van der Waals surface area contributed by atoms with Crippen LogP contribution in [-0.4, -0.2) is 29.0 Å². The first-order valence-corrected chi connectivity index (χ1v) is 10.2. The average Bonchev–Trinajstić information content (AvgIpc) is 3.17. The van der Waals surface area contributed by atoms with Crippen molar-refractivity contribution in [1.29, 1.82) is 0 Å². The fourth-order valence-corrected chi connectivity index (χ4v) is 4.11. The van der Waals surface area contributed by atoms with Gasteiger partial charge in [-0.25, -0.2) is 18.7 Å². The third kappa shape index (κ3) is 3.69. The second-order valence-corrected chi connectivity index (χ2v) is 7.71. The van der Waals surface area contributed by atoms with Crippen LogP contribution in [0.2, 0.25) is 0 Å². The Bertz CT molecular complexity index is 1270. The molecule has 1 N–H and O–H groups in total. The van der Waals surface area contributed by atoms with Crippen molar-refractivity contribution < 1.29 is 18.0 Å². The molecule has 0 radical (unpaired) electrons. The van der Waals surface area contributed by atoms with Crippen molar-refractivity contribution in [3.8, 4) is 0 Å². The molecule has 2 aromatic carbocycles. The van der Waals surface area contributed by atoms with Crippen LogP contribution < -0.4 is 10.2 Å². The predicted molar refractivity (Wildman–Crippen MR) is 112 cm³/mol. The van der Waals surface area contributed by atoms with Gasteiger partial charge in [-0.1, -0.05) is 18.2 Å². The molecular formula is C23H20F2N4O2. The minimum atomic E-state index is -0.668. The molecule has 0 saturated carbocycles. The molecule has 0 aliphatic carbocycles. The summed E-state index contributed by atoms with van der Waals surface area (Å²) in [5, 5.41) is 3.70. The van der Waals surface area contributed by atoms with Gasteiger partial charge in [-0.15, -0.1) is 0 Å². The molecule has 0 unspecified atom stereocenters. The van der Waals surface area contributed by atoms with E-state index in [1.807, 2.05) is 29.2 Å². The second kappa shape index (κ2) is 7.94. The Morgan fingerprint density at radius 2 is 2.06 bits per heavy atom. The second-order valence-electron chi connectivity index (χ2n) is 7.71. The number of aromatic nitrogens is 2. The van der Waals surface area contributed by atoms with Gasteiger partial charge in [0.15, 0.2) is 11.4 Å². The first-order valence-electron chi connectivity index (χ1n) is 10.2. The summed E-state index contributed by atoms with van der Waals surface area (Å²) in [7, 11) is 0. The molecule has 1 aliphatic rings. The van der Waals surface area contributed by atoms with Crippen molar-refractivity contribution in [1.82, 2.24) is 15.3 Å². The van der Waals surface area contributed by atoms with E-state index in [1.54, 1.807) is 0 Å². The number of fused-ring (bicyclic) bond motifs is 3. The van der Waals surface area contributed by atoms with Crippen molar-refractivity contribution in [3.63, 3.8) is 0 Å². The van der Waals surface area contributed by atoms with Crippen LogP contribution in [0.15, 0.2) is 53.2 Å². The van der Waals surface area contributed by atoms with Gasteiger partial charge < -0.3 is 14.6 Å². The Kier molecular flexibility index (Phi) is 4.97. The zero-order valence-corrected chi connectivity index (χ0v) is 16.6. The maximum Gasteiger partial charge on any atom is 0.225 e. The van der Waals surface area contributed by atoms with Gasteiger partial charge in [0.1, 0.15) is 29.1 Å². The van der Waals surface area contributed by atoms with Crippen LogP contribution in [0.3, 0.4) is 0 Å². The molecule has 1 amide bonds. The molecule has 3 heterocycles. The van der Waals surface area contributed by atoms with Crippen molar-refractivity contribution in [2.24, 2.45) is 5.92 Å². The van der Waals surface area contributed by atoms with Crippen molar-refractivity contribution >= 4 is 33.8 Å². The fourth-order valence-electron chi connectivity index (χ4n) is 4.11. The summed E-state index contributed by atoms with van der Waals surface area (Å²) in [6, 6.07) is 11.0. The topological polar surface area (TPSA) is 71.3 Å². The van der Waals surface area contributed by atoms with Gasteiger partial charge in [0.05, 0.1) is 5.92 Å². The summed E-state index contributed by atoms with van der Waals surface area (Å²) < 4.78 is 32.9. The number of nitrogens with one attached hydrogen (secondary N) is 1. The van der Waals surface area contributed by atoms with Crippen molar-refractivity contribution in [2.45, 2.75) is 19.4 Å². The van der Waals surface area contributed by atoms with Crippen LogP contribution >= 0.6 is 0 Å². The Balaban J connectivity index is 1.34. The molecule has 1 aliphatic heterocycles. The van der Waals surface area contributed by atoms with Gasteiger partial charge in [-0.05, 0) is 31.0 Å². The number of rotatable bonds is 4. The van der Waals surface area contributed by atoms with E-state index in [2.05, 4.69) is 15.3 Å². The van der Waals surface area contributed by atoms with Gasteiger partial charge in [0.2, 0.25) is 5.91 Å². The Morgan fingerprint density at radius 3 is 2.94 bits per heavy atom. The van der Waals surface area contributed by atoms with Crippen molar-refractivity contribution in [3.05, 3.63) is 66.0 Å². The maximum absolute atomic E-state index is 13.8. The van der Waals surface area contributed by atoms with E-state index in [0.29, 0.717) is 17.9 Å². The molecule has 1 fully saturated rings. The highest BCUT2D eigenvalue weighted by atomic mass is 19.1. The highest BCUT2D eigenvalue weighted by Crippen LogP contribution is 2.33. The predicted octanol–water partition coefficient (Wildman–Crippen LogP) is 4.19. The molecule has 8 heteroatoms. The lowest BCUT2D eigenvalue weighted by molar-refractivity contribution is -0.125. The first-order chi connectivity index (χ1) is 15.1. The quantitative estimate of drug-likeness (QED) is 0.534. The molecule has 1 atom stereocenters. The maximum atomic E-state index is 13.8. The van der Waals surface area contributed by atoms with E-state index >= 15 is 0 Å². The molecule has 0 spiro atoms. The number of para-hydroxylation sites is 1. The molecule has 4 aromatic rings. The lowest BCUT2D eigenvalue weighted by atomic mass is 9.97. The first kappa shape index (κ1) is 19.4. The van der Waals surface area contributed by atoms with Gasteiger partial charge in [0, 0.05) is 36.7 Å². The number of piperidine rings is 1. The minimum absolute atomic E-state index is 0.0166. The number of anilines is 1. The minimum Gasteiger partial charge on any atom is -0.450 e. The largest absolute Gasteiger partial charge is 0.450 e. The van der Waals surface area contributed by atoms with Crippen LogP contribution in [0.1, 0.15) is 18.4 Å². The van der Waals surface area contributed by atoms with Crippen molar-refractivity contribution in [2.75, 3.05) is 18.0 Å². The molecule has 1 saturated heterocycles. The van der Waals surface area contributed by atoms with Crippen LogP contribution in [0.25, 0.3) is 22.1 Å². The van der Waals surface area contributed by atoms with E-state index in [4.69, 9.17) is 4.42 Å². The monoisotopic (exact) mass is 422 g/mol. The lowest BCUT2D eigenvalue weighted by Crippen LogP contribution is -2.43. The third-order valence-corrected chi connectivity index (χ3v) is 5.70. The van der Waals surface area contributed by atoms with Gasteiger partial charge in [-0.3, -0.25) is 4.79 Å². The van der Waals surface area contributed by atoms with E-state index in [1.165, 1.54) is 18.5 Å². The molecule has 6 nitrogen and oxygen atoms in total. The van der Waals surface area contributed by atoms with E-state index in [-0.39, 0.29) is 23.9 Å². The smallest absolute Gasteiger partial charge is 0.225 e. The molecule has 158 valence electrons. The SMILES string of the molecule is O=C(NCc1ccc(F)cc1F)[C@@H]1CCCN(c2ncnc3c2oc2ccccc23)C1. The number of furan rings is 1. The number of hydrogen-bond donors (Lipinski definition) is 1. The number of nitrogens with zero attached hydrogens (tertiary/aromatic N) is 3. The van der Waals surface area contributed by atoms with Crippen LogP contribution in [0, 0.1) is 17.6 Å². The number of amides is 1. The molecule has 5 rings (SSSR count). The van der Waals surface area contributed by atoms with Crippen LogP contribution in [-0.2, 0) is 11.3 Å². The number of halogens is 2. The standard InChI is InChI=1S/C23H20F2N4O2/c24-16-8-7-14(18(25)10-16)11-26-23(30)15-4-3-9-29(12-15)22-21-20(27-13-28-22)17-5-1-2-6-19(17)31-21/h1-2,5-8,10,13,15H,3-4,9,11-12H2,(H,26,30)/t15-/m1/s1. The lowest BCUT2D eigenvalue weighted by Gasteiger charge is -2.32. The summed E-state index contributed by atoms with van der Waals surface area (Å²) >= 11 is 0. The van der Waals surface area contributed by atoms with Crippen LogP contribution in [0.5, 0.6) is 0 Å². The summed E-state index contributed by atoms with van der Waals surface area (Å²) in [4.78, 5) is 23.6. The normalized spacial score (nSPS) is 16.7. The number of carbonyl (C=O) groups is 1. The molecule has 0 bridgehead atoms. The average molecular weight is 422 g/mol. The van der Waals surface area contributed by atoms with E-state index < -0.39 is 11.6 Å². The highest BCUT2D eigenvalue weighted by molar-refractivity contribution is 6.05. The number of hydrogen-bond acceptors (Lipinski definition) is 5. The molecular weight excluding hydrogens is 402 g/mol. The highest BCUT2D eigenvalue weighted by Gasteiger charge is 2.28. The Labute approximate surface area is 176 Å². The number of carbonyl (C=O) groups excluding carboxylic acids is 1. The number of benzene rings is 2. The zero-order chi connectivity index (χ0) is 21.4. The Morgan fingerprint density at radius 1 is 1.19 bits per heavy atom. The fraction of sp³-hybridized carbons (Fsp3) is 0.261. The molecule has 31 heavy (non-hydrogen) atoms. The summed E-state index contributed by atoms with van der Waals surface area (Å²) in [5.74, 6) is -1.07.